The summed E-state index contributed by atoms with van der Waals surface area (Å²) in [7, 11) is 0. The van der Waals surface area contributed by atoms with Crippen LogP contribution in [0.4, 0.5) is 0 Å². The standard InChI is InChI=1S/C40H53N3O11/c1-23(2)49-17-27(44)20-52-30-8-11-33(26(7)14-30)38-41-39(34-12-9-31(15-36(34)47)53-21-28(45)18-50-24(3)4)43-40(42-38)35-13-10-32(16-37(35)48)54-22-29(46)19-51-25(5)6/h8-16,23-25,27-29,44-48H,17-22H2,1-7H3. The number of aromatic hydroxyl groups is 2. The zero-order valence-electron chi connectivity index (χ0n) is 31.9. The number of phenols is 2. The van der Waals surface area contributed by atoms with Crippen molar-refractivity contribution in [1.29, 1.82) is 0 Å². The number of aliphatic hydroxyl groups excluding tert-OH is 3. The van der Waals surface area contributed by atoms with E-state index in [4.69, 9.17) is 38.4 Å². The van der Waals surface area contributed by atoms with Crippen LogP contribution >= 0.6 is 0 Å². The Hall–Kier alpha value is -4.57. The van der Waals surface area contributed by atoms with Gasteiger partial charge in [-0.25, -0.2) is 15.0 Å². The molecule has 3 aromatic carbocycles. The van der Waals surface area contributed by atoms with Gasteiger partial charge in [0.25, 0.3) is 0 Å². The molecule has 0 aliphatic carbocycles. The zero-order valence-corrected chi connectivity index (χ0v) is 31.9. The molecule has 4 aromatic rings. The average Bonchev–Trinajstić information content (AvgIpc) is 3.12. The highest BCUT2D eigenvalue weighted by molar-refractivity contribution is 5.73. The molecule has 3 unspecified atom stereocenters. The molecule has 0 fully saturated rings. The van der Waals surface area contributed by atoms with Crippen LogP contribution in [-0.2, 0) is 14.2 Å². The van der Waals surface area contributed by atoms with Crippen molar-refractivity contribution in [3.8, 4) is 62.9 Å². The number of benzene rings is 3. The fourth-order valence-corrected chi connectivity index (χ4v) is 4.93. The maximum Gasteiger partial charge on any atom is 0.167 e. The summed E-state index contributed by atoms with van der Waals surface area (Å²) in [5, 5.41) is 52.9. The second kappa shape index (κ2) is 20.2. The number of aryl methyl sites for hydroxylation is 1. The van der Waals surface area contributed by atoms with Gasteiger partial charge in [0.2, 0.25) is 0 Å². The molecular formula is C40H53N3O11. The minimum Gasteiger partial charge on any atom is -0.507 e. The first-order valence-corrected chi connectivity index (χ1v) is 18.0. The molecule has 0 aliphatic rings. The Morgan fingerprint density at radius 1 is 0.463 bits per heavy atom. The van der Waals surface area contributed by atoms with E-state index in [0.717, 1.165) is 5.56 Å². The molecule has 54 heavy (non-hydrogen) atoms. The van der Waals surface area contributed by atoms with Gasteiger partial charge in [-0.15, -0.1) is 0 Å². The molecule has 0 saturated heterocycles. The van der Waals surface area contributed by atoms with Crippen molar-refractivity contribution in [3.63, 3.8) is 0 Å². The highest BCUT2D eigenvalue weighted by Gasteiger charge is 2.20. The van der Waals surface area contributed by atoms with Crippen LogP contribution in [0.15, 0.2) is 54.6 Å². The lowest BCUT2D eigenvalue weighted by atomic mass is 10.1. The van der Waals surface area contributed by atoms with Crippen molar-refractivity contribution < 1.29 is 54.0 Å². The maximum absolute atomic E-state index is 11.1. The van der Waals surface area contributed by atoms with E-state index in [0.29, 0.717) is 22.8 Å². The molecule has 3 atom stereocenters. The van der Waals surface area contributed by atoms with Crippen LogP contribution in [-0.4, -0.2) is 117 Å². The van der Waals surface area contributed by atoms with Crippen LogP contribution in [0.1, 0.15) is 47.1 Å². The Morgan fingerprint density at radius 3 is 1.09 bits per heavy atom. The predicted molar refractivity (Wildman–Crippen MR) is 202 cm³/mol. The Morgan fingerprint density at radius 2 is 0.778 bits per heavy atom. The Bertz CT molecular complexity index is 1570. The van der Waals surface area contributed by atoms with Crippen molar-refractivity contribution in [2.24, 2.45) is 0 Å². The third-order valence-corrected chi connectivity index (χ3v) is 7.69. The van der Waals surface area contributed by atoms with E-state index < -0.39 is 18.3 Å². The number of aromatic nitrogens is 3. The topological polar surface area (TPSA) is 195 Å². The van der Waals surface area contributed by atoms with Gasteiger partial charge in [-0.2, -0.15) is 0 Å². The van der Waals surface area contributed by atoms with Gasteiger partial charge < -0.3 is 54.0 Å². The lowest BCUT2D eigenvalue weighted by Crippen LogP contribution is -2.25. The van der Waals surface area contributed by atoms with E-state index in [9.17, 15) is 25.5 Å². The third kappa shape index (κ3) is 13.1. The molecule has 5 N–H and O–H groups in total. The van der Waals surface area contributed by atoms with Crippen LogP contribution in [0.5, 0.6) is 28.7 Å². The number of ether oxygens (including phenoxy) is 6. The van der Waals surface area contributed by atoms with Gasteiger partial charge in [0.15, 0.2) is 17.5 Å². The number of hydrogen-bond donors (Lipinski definition) is 5. The minimum absolute atomic E-state index is 0.0133. The first kappa shape index (κ1) is 42.2. The normalized spacial score (nSPS) is 13.4. The van der Waals surface area contributed by atoms with Crippen LogP contribution in [0.3, 0.4) is 0 Å². The molecule has 4 rings (SSSR count). The summed E-state index contributed by atoms with van der Waals surface area (Å²) in [4.78, 5) is 14.1. The van der Waals surface area contributed by atoms with Crippen molar-refractivity contribution in [2.75, 3.05) is 39.6 Å². The number of hydrogen-bond acceptors (Lipinski definition) is 14. The molecule has 294 valence electrons. The van der Waals surface area contributed by atoms with Crippen molar-refractivity contribution in [3.05, 3.63) is 60.2 Å². The smallest absolute Gasteiger partial charge is 0.167 e. The van der Waals surface area contributed by atoms with Crippen molar-refractivity contribution in [2.45, 2.75) is 85.1 Å². The quantitative estimate of drug-likeness (QED) is 0.0756. The van der Waals surface area contributed by atoms with Gasteiger partial charge in [0.1, 0.15) is 66.9 Å². The molecule has 1 aromatic heterocycles. The van der Waals surface area contributed by atoms with Gasteiger partial charge in [0, 0.05) is 17.7 Å². The summed E-state index contributed by atoms with van der Waals surface area (Å²) in [6, 6.07) is 14.5. The number of phenolic OH excluding ortho intramolecular Hbond substituents is 2. The highest BCUT2D eigenvalue weighted by Crippen LogP contribution is 2.36. The van der Waals surface area contributed by atoms with Crippen LogP contribution in [0, 0.1) is 6.92 Å². The van der Waals surface area contributed by atoms with Crippen molar-refractivity contribution in [1.82, 2.24) is 15.0 Å². The lowest BCUT2D eigenvalue weighted by molar-refractivity contribution is -0.0123. The van der Waals surface area contributed by atoms with Crippen LogP contribution in [0.25, 0.3) is 34.2 Å². The Labute approximate surface area is 316 Å². The van der Waals surface area contributed by atoms with E-state index in [-0.39, 0.29) is 98.1 Å². The molecule has 14 nitrogen and oxygen atoms in total. The number of nitrogens with zero attached hydrogens (tertiary/aromatic N) is 3. The van der Waals surface area contributed by atoms with Gasteiger partial charge in [-0.3, -0.25) is 0 Å². The number of rotatable bonds is 21. The van der Waals surface area contributed by atoms with E-state index >= 15 is 0 Å². The molecule has 0 saturated carbocycles. The van der Waals surface area contributed by atoms with Crippen LogP contribution in [0.2, 0.25) is 0 Å². The van der Waals surface area contributed by atoms with Gasteiger partial charge in [-0.05, 0) is 96.5 Å². The van der Waals surface area contributed by atoms with E-state index in [1.165, 1.54) is 12.1 Å². The Balaban J connectivity index is 1.64. The van der Waals surface area contributed by atoms with E-state index in [2.05, 4.69) is 4.98 Å². The number of aliphatic hydroxyl groups is 3. The monoisotopic (exact) mass is 751 g/mol. The maximum atomic E-state index is 11.1. The molecule has 0 aliphatic heterocycles. The fraction of sp³-hybridized carbons (Fsp3) is 0.475. The second-order valence-electron chi connectivity index (χ2n) is 13.7. The second-order valence-corrected chi connectivity index (χ2v) is 13.7. The minimum atomic E-state index is -0.861. The van der Waals surface area contributed by atoms with Gasteiger partial charge >= 0.3 is 0 Å². The summed E-state index contributed by atoms with van der Waals surface area (Å²) >= 11 is 0. The zero-order chi connectivity index (χ0) is 39.4. The fourth-order valence-electron chi connectivity index (χ4n) is 4.93. The SMILES string of the molecule is Cc1cc(OCC(O)COC(C)C)ccc1-c1nc(-c2ccc(OCC(O)COC(C)C)cc2O)nc(-c2ccc(OCC(O)COC(C)C)cc2O)n1. The highest BCUT2D eigenvalue weighted by atomic mass is 16.5. The third-order valence-electron chi connectivity index (χ3n) is 7.69. The molecule has 0 spiro atoms. The molecule has 14 heteroatoms. The van der Waals surface area contributed by atoms with Gasteiger partial charge in [0.05, 0.1) is 49.3 Å². The summed E-state index contributed by atoms with van der Waals surface area (Å²) in [6.07, 6.45) is -2.61. The van der Waals surface area contributed by atoms with E-state index in [1.807, 2.05) is 48.5 Å². The molecular weight excluding hydrogens is 698 g/mol. The summed E-state index contributed by atoms with van der Waals surface area (Å²) in [6.45, 7) is 13.4. The summed E-state index contributed by atoms with van der Waals surface area (Å²) < 4.78 is 33.5. The van der Waals surface area contributed by atoms with Gasteiger partial charge in [-0.1, -0.05) is 0 Å². The molecule has 0 bridgehead atoms. The lowest BCUT2D eigenvalue weighted by Gasteiger charge is -2.16. The summed E-state index contributed by atoms with van der Waals surface area (Å²) in [5.74, 6) is 1.28. The molecule has 0 radical (unpaired) electrons. The van der Waals surface area contributed by atoms with Crippen molar-refractivity contribution >= 4 is 0 Å². The summed E-state index contributed by atoms with van der Waals surface area (Å²) in [5.41, 5.74) is 1.92. The molecule has 0 amide bonds. The molecule has 1 heterocycles. The average molecular weight is 752 g/mol. The Kier molecular flexibility index (Phi) is 15.8. The predicted octanol–water partition coefficient (Wildman–Crippen LogP) is 5.09. The van der Waals surface area contributed by atoms with E-state index in [1.54, 1.807) is 42.5 Å². The largest absolute Gasteiger partial charge is 0.507 e. The first-order valence-electron chi connectivity index (χ1n) is 18.0. The first-order chi connectivity index (χ1) is 25.7. The van der Waals surface area contributed by atoms with Crippen LogP contribution < -0.4 is 14.2 Å².